The van der Waals surface area contributed by atoms with Gasteiger partial charge in [-0.1, -0.05) is 38.8 Å². The zero-order valence-corrected chi connectivity index (χ0v) is 15.9. The second-order valence-corrected chi connectivity index (χ2v) is 7.08. The third-order valence-corrected chi connectivity index (χ3v) is 4.85. The first-order chi connectivity index (χ1) is 11.8. The number of nitrogens with two attached hydrogens (primary N) is 3. The Morgan fingerprint density at radius 2 is 1.24 bits per heavy atom. The highest BCUT2D eigenvalue weighted by atomic mass is 35.5. The molecule has 2 fully saturated rings. The van der Waals surface area contributed by atoms with Crippen molar-refractivity contribution in [2.75, 3.05) is 0 Å². The largest absolute Gasteiger partial charge is 0.327 e. The van der Waals surface area contributed by atoms with Crippen LogP contribution < -0.4 is 17.2 Å². The summed E-state index contributed by atoms with van der Waals surface area (Å²) in [5, 5.41) is -0.509. The van der Waals surface area contributed by atoms with Crippen LogP contribution in [-0.4, -0.2) is 29.2 Å². The molecule has 0 aromatic rings. The van der Waals surface area contributed by atoms with Crippen LogP contribution in [0.5, 0.6) is 0 Å². The van der Waals surface area contributed by atoms with Gasteiger partial charge in [0.2, 0.25) is 5.24 Å². The minimum Gasteiger partial charge on any atom is -0.327 e. The second-order valence-electron chi connectivity index (χ2n) is 6.70. The summed E-state index contributed by atoms with van der Waals surface area (Å²) in [4.78, 5) is 20.5. The molecule has 144 valence electrons. The van der Waals surface area contributed by atoms with Crippen LogP contribution in [0.1, 0.15) is 57.8 Å². The Hall–Kier alpha value is -1.01. The Kier molecular flexibility index (Phi) is 13.6. The molecule has 2 rings (SSSR count). The van der Waals surface area contributed by atoms with Crippen LogP contribution >= 0.6 is 11.6 Å². The van der Waals surface area contributed by atoms with E-state index in [1.54, 1.807) is 0 Å². The average molecular weight is 372 g/mol. The van der Waals surface area contributed by atoms with E-state index in [0.29, 0.717) is 12.3 Å². The second kappa shape index (κ2) is 14.2. The van der Waals surface area contributed by atoms with Crippen LogP contribution in [0.4, 0.5) is 0 Å². The van der Waals surface area contributed by atoms with Gasteiger partial charge in [-0.25, -0.2) is 0 Å². The first kappa shape index (κ1) is 24.0. The zero-order chi connectivity index (χ0) is 19.2. The standard InChI is InChI=1S/C10H17NO.C6H14N2.C3H3ClO/c1-2-9(12)7-8-5-3-4-6-10(8)11;7-5-3-1-2-4-6(5)8;1-2-3(4)5/h2,8,10H,1,3-7,11H2;5-6H,1-4,7-8H2;2H,1H2/t8-,10-;5-,6+;/m1../s1. The summed E-state index contributed by atoms with van der Waals surface area (Å²) < 4.78 is 0. The minimum absolute atomic E-state index is 0.136. The van der Waals surface area contributed by atoms with E-state index < -0.39 is 5.24 Å². The fourth-order valence-electron chi connectivity index (χ4n) is 3.02. The smallest absolute Gasteiger partial charge is 0.244 e. The summed E-state index contributed by atoms with van der Waals surface area (Å²) in [6, 6.07) is 0.801. The molecule has 0 aromatic carbocycles. The van der Waals surface area contributed by atoms with Gasteiger partial charge in [-0.15, -0.1) is 0 Å². The maximum absolute atomic E-state index is 11.1. The molecule has 0 amide bonds. The van der Waals surface area contributed by atoms with Crippen molar-refractivity contribution in [2.45, 2.75) is 75.9 Å². The Morgan fingerprint density at radius 3 is 1.56 bits per heavy atom. The molecule has 0 heterocycles. The fourth-order valence-corrected chi connectivity index (χ4v) is 3.02. The van der Waals surface area contributed by atoms with Gasteiger partial charge in [0.25, 0.3) is 0 Å². The van der Waals surface area contributed by atoms with Gasteiger partial charge in [0.05, 0.1) is 0 Å². The van der Waals surface area contributed by atoms with Gasteiger partial charge in [0.1, 0.15) is 0 Å². The number of allylic oxidation sites excluding steroid dienone is 2. The number of rotatable bonds is 4. The molecule has 6 heteroatoms. The van der Waals surface area contributed by atoms with Crippen molar-refractivity contribution in [3.05, 3.63) is 25.3 Å². The van der Waals surface area contributed by atoms with E-state index in [1.165, 1.54) is 31.8 Å². The Bertz CT molecular complexity index is 419. The number of carbonyl (C=O) groups excluding carboxylic acids is 2. The van der Waals surface area contributed by atoms with E-state index >= 15 is 0 Å². The topological polar surface area (TPSA) is 112 Å². The van der Waals surface area contributed by atoms with Crippen LogP contribution in [0.25, 0.3) is 0 Å². The normalized spacial score (nSPS) is 28.3. The SMILES string of the molecule is C=CC(=O)C[C@H]1CCCC[C@H]1N.C=CC(=O)Cl.N[C@@H]1CCCC[C@@H]1N. The maximum atomic E-state index is 11.1. The quantitative estimate of drug-likeness (QED) is 0.519. The summed E-state index contributed by atoms with van der Waals surface area (Å²) in [7, 11) is 0. The predicted octanol–water partition coefficient (Wildman–Crippen LogP) is 2.80. The van der Waals surface area contributed by atoms with Crippen molar-refractivity contribution in [2.24, 2.45) is 23.1 Å². The van der Waals surface area contributed by atoms with Crippen molar-refractivity contribution in [1.82, 2.24) is 0 Å². The van der Waals surface area contributed by atoms with Gasteiger partial charge < -0.3 is 17.2 Å². The molecule has 2 saturated carbocycles. The summed E-state index contributed by atoms with van der Waals surface area (Å²) in [6.45, 7) is 6.54. The molecule has 0 spiro atoms. The lowest BCUT2D eigenvalue weighted by molar-refractivity contribution is -0.115. The monoisotopic (exact) mass is 371 g/mol. The lowest BCUT2D eigenvalue weighted by Crippen LogP contribution is -2.43. The van der Waals surface area contributed by atoms with E-state index in [1.807, 2.05) is 0 Å². The van der Waals surface area contributed by atoms with Gasteiger partial charge in [-0.05, 0) is 55.4 Å². The number of halogens is 1. The molecule has 5 nitrogen and oxygen atoms in total. The summed E-state index contributed by atoms with van der Waals surface area (Å²) in [5.74, 6) is 0.543. The van der Waals surface area contributed by atoms with Crippen LogP contribution in [0.3, 0.4) is 0 Å². The van der Waals surface area contributed by atoms with Gasteiger partial charge >= 0.3 is 0 Å². The van der Waals surface area contributed by atoms with Gasteiger partial charge in [0.15, 0.2) is 5.78 Å². The van der Waals surface area contributed by atoms with Gasteiger partial charge in [-0.3, -0.25) is 9.59 Å². The van der Waals surface area contributed by atoms with Crippen molar-refractivity contribution in [3.63, 3.8) is 0 Å². The van der Waals surface area contributed by atoms with Gasteiger partial charge in [0, 0.05) is 24.5 Å². The Labute approximate surface area is 157 Å². The molecular formula is C19H34ClN3O2. The first-order valence-electron chi connectivity index (χ1n) is 9.05. The van der Waals surface area contributed by atoms with Gasteiger partial charge in [-0.2, -0.15) is 0 Å². The lowest BCUT2D eigenvalue weighted by atomic mass is 9.82. The minimum atomic E-state index is -0.509. The number of ketones is 1. The molecule has 0 bridgehead atoms. The predicted molar refractivity (Wildman–Crippen MR) is 105 cm³/mol. The van der Waals surface area contributed by atoms with Crippen molar-refractivity contribution < 1.29 is 9.59 Å². The summed E-state index contributed by atoms with van der Waals surface area (Å²) in [5.41, 5.74) is 17.2. The van der Waals surface area contributed by atoms with Crippen molar-refractivity contribution >= 4 is 22.6 Å². The van der Waals surface area contributed by atoms with E-state index in [2.05, 4.69) is 13.2 Å². The highest BCUT2D eigenvalue weighted by Crippen LogP contribution is 2.25. The molecule has 0 aromatic heterocycles. The highest BCUT2D eigenvalue weighted by molar-refractivity contribution is 6.66. The highest BCUT2D eigenvalue weighted by Gasteiger charge is 2.22. The molecule has 0 radical (unpaired) electrons. The number of carbonyl (C=O) groups is 2. The average Bonchev–Trinajstić information content (AvgIpc) is 2.60. The molecule has 6 N–H and O–H groups in total. The van der Waals surface area contributed by atoms with E-state index in [9.17, 15) is 9.59 Å². The van der Waals surface area contributed by atoms with Crippen LogP contribution in [0.2, 0.25) is 0 Å². The lowest BCUT2D eigenvalue weighted by Gasteiger charge is -2.27. The molecule has 4 atom stereocenters. The molecule has 0 unspecified atom stereocenters. The molecule has 0 saturated heterocycles. The van der Waals surface area contributed by atoms with Crippen LogP contribution in [-0.2, 0) is 9.59 Å². The number of hydrogen-bond donors (Lipinski definition) is 3. The van der Waals surface area contributed by atoms with Crippen LogP contribution in [0.15, 0.2) is 25.3 Å². The van der Waals surface area contributed by atoms with E-state index in [0.717, 1.165) is 31.8 Å². The van der Waals surface area contributed by atoms with Crippen molar-refractivity contribution in [1.29, 1.82) is 0 Å². The first-order valence-corrected chi connectivity index (χ1v) is 9.43. The zero-order valence-electron chi connectivity index (χ0n) is 15.2. The number of hydrogen-bond acceptors (Lipinski definition) is 5. The Morgan fingerprint density at radius 1 is 0.840 bits per heavy atom. The van der Waals surface area contributed by atoms with Crippen LogP contribution in [0, 0.1) is 5.92 Å². The third-order valence-electron chi connectivity index (χ3n) is 4.69. The molecule has 2 aliphatic rings. The van der Waals surface area contributed by atoms with E-state index in [4.69, 9.17) is 28.8 Å². The molecular weight excluding hydrogens is 338 g/mol. The molecule has 2 aliphatic carbocycles. The summed E-state index contributed by atoms with van der Waals surface area (Å²) in [6.07, 6.45) is 12.5. The maximum Gasteiger partial charge on any atom is 0.244 e. The van der Waals surface area contributed by atoms with E-state index in [-0.39, 0.29) is 23.9 Å². The van der Waals surface area contributed by atoms with Crippen molar-refractivity contribution in [3.8, 4) is 0 Å². The molecule has 25 heavy (non-hydrogen) atoms. The fraction of sp³-hybridized carbons (Fsp3) is 0.684. The Balaban J connectivity index is 0.000000382. The molecule has 0 aliphatic heterocycles. The summed E-state index contributed by atoms with van der Waals surface area (Å²) >= 11 is 4.71. The third kappa shape index (κ3) is 12.1.